The van der Waals surface area contributed by atoms with Crippen LogP contribution in [-0.4, -0.2) is 6.10 Å². The Labute approximate surface area is 82.5 Å². The molecule has 0 atom stereocenters. The predicted molar refractivity (Wildman–Crippen MR) is 51.3 cm³/mol. The molecular weight excluding hydrogens is 191 g/mol. The molecule has 0 heterocycles. The molecule has 0 bridgehead atoms. The lowest BCUT2D eigenvalue weighted by atomic mass is 10.2. The number of halogens is 2. The Hall–Kier alpha value is -0.600. The second kappa shape index (κ2) is 4.58. The fraction of sp³-hybridized carbons (Fsp3) is 0.400. The van der Waals surface area contributed by atoms with Crippen molar-refractivity contribution in [2.24, 2.45) is 0 Å². The van der Waals surface area contributed by atoms with Crippen molar-refractivity contribution in [2.45, 2.75) is 26.6 Å². The molecule has 13 heavy (non-hydrogen) atoms. The fourth-order valence-electron chi connectivity index (χ4n) is 0.895. The van der Waals surface area contributed by atoms with Crippen LogP contribution in [0.5, 0.6) is 0 Å². The predicted octanol–water partition coefficient (Wildman–Crippen LogP) is 3.40. The standard InChI is InChI=1S/C10H12ClFO/c1-7(2)13-6-8-3-4-9(11)5-10(8)12/h3-5,7H,6H2,1-2H3. The van der Waals surface area contributed by atoms with E-state index in [1.54, 1.807) is 12.1 Å². The normalized spacial score (nSPS) is 10.8. The summed E-state index contributed by atoms with van der Waals surface area (Å²) in [6, 6.07) is 4.59. The zero-order valence-corrected chi connectivity index (χ0v) is 8.44. The second-order valence-electron chi connectivity index (χ2n) is 3.10. The van der Waals surface area contributed by atoms with E-state index in [0.29, 0.717) is 17.2 Å². The fourth-order valence-corrected chi connectivity index (χ4v) is 1.05. The first-order valence-corrected chi connectivity index (χ1v) is 4.53. The Morgan fingerprint density at radius 2 is 2.15 bits per heavy atom. The Bertz CT molecular complexity index is 286. The van der Waals surface area contributed by atoms with Crippen LogP contribution in [0.4, 0.5) is 4.39 Å². The highest BCUT2D eigenvalue weighted by atomic mass is 35.5. The van der Waals surface area contributed by atoms with Crippen molar-refractivity contribution in [1.29, 1.82) is 0 Å². The summed E-state index contributed by atoms with van der Waals surface area (Å²) in [6.45, 7) is 4.11. The maximum absolute atomic E-state index is 13.1. The summed E-state index contributed by atoms with van der Waals surface area (Å²) in [7, 11) is 0. The molecule has 0 N–H and O–H groups in total. The van der Waals surface area contributed by atoms with E-state index in [-0.39, 0.29) is 11.9 Å². The molecule has 0 fully saturated rings. The van der Waals surface area contributed by atoms with Crippen LogP contribution in [-0.2, 0) is 11.3 Å². The molecular formula is C10H12ClFO. The van der Waals surface area contributed by atoms with Crippen molar-refractivity contribution in [3.05, 3.63) is 34.6 Å². The van der Waals surface area contributed by atoms with E-state index in [2.05, 4.69) is 0 Å². The first kappa shape index (κ1) is 10.5. The summed E-state index contributed by atoms with van der Waals surface area (Å²) in [5.41, 5.74) is 0.540. The Balaban J connectivity index is 2.67. The van der Waals surface area contributed by atoms with Crippen molar-refractivity contribution in [3.8, 4) is 0 Å². The van der Waals surface area contributed by atoms with Crippen molar-refractivity contribution in [3.63, 3.8) is 0 Å². The maximum Gasteiger partial charge on any atom is 0.130 e. The Morgan fingerprint density at radius 1 is 1.46 bits per heavy atom. The van der Waals surface area contributed by atoms with Gasteiger partial charge >= 0.3 is 0 Å². The molecule has 0 amide bonds. The van der Waals surface area contributed by atoms with E-state index in [4.69, 9.17) is 16.3 Å². The molecule has 0 aliphatic rings. The van der Waals surface area contributed by atoms with Crippen LogP contribution in [0.3, 0.4) is 0 Å². The molecule has 0 saturated carbocycles. The highest BCUT2D eigenvalue weighted by Crippen LogP contribution is 2.15. The van der Waals surface area contributed by atoms with Gasteiger partial charge in [0, 0.05) is 10.6 Å². The Morgan fingerprint density at radius 3 is 2.69 bits per heavy atom. The molecule has 1 aromatic carbocycles. The highest BCUT2D eigenvalue weighted by molar-refractivity contribution is 6.30. The number of rotatable bonds is 3. The van der Waals surface area contributed by atoms with Gasteiger partial charge in [0.15, 0.2) is 0 Å². The summed E-state index contributed by atoms with van der Waals surface area (Å²) in [6.07, 6.45) is 0.107. The third-order valence-corrected chi connectivity index (χ3v) is 1.82. The van der Waals surface area contributed by atoms with Gasteiger partial charge in [-0.3, -0.25) is 0 Å². The van der Waals surface area contributed by atoms with E-state index < -0.39 is 0 Å². The number of ether oxygens (including phenoxy) is 1. The summed E-state index contributed by atoms with van der Waals surface area (Å²) >= 11 is 5.60. The molecule has 1 aromatic rings. The molecule has 0 spiro atoms. The van der Waals surface area contributed by atoms with Gasteiger partial charge in [-0.2, -0.15) is 0 Å². The summed E-state index contributed by atoms with van der Waals surface area (Å²) < 4.78 is 18.4. The average molecular weight is 203 g/mol. The first-order valence-electron chi connectivity index (χ1n) is 4.15. The quantitative estimate of drug-likeness (QED) is 0.730. The van der Waals surface area contributed by atoms with Gasteiger partial charge in [0.05, 0.1) is 12.7 Å². The minimum atomic E-state index is -0.312. The number of hydrogen-bond acceptors (Lipinski definition) is 1. The van der Waals surface area contributed by atoms with Crippen LogP contribution in [0.15, 0.2) is 18.2 Å². The summed E-state index contributed by atoms with van der Waals surface area (Å²) in [5, 5.41) is 0.408. The minimum Gasteiger partial charge on any atom is -0.374 e. The molecule has 0 aliphatic heterocycles. The molecule has 0 aliphatic carbocycles. The highest BCUT2D eigenvalue weighted by Gasteiger charge is 2.03. The van der Waals surface area contributed by atoms with E-state index in [0.717, 1.165) is 0 Å². The smallest absolute Gasteiger partial charge is 0.130 e. The minimum absolute atomic E-state index is 0.107. The van der Waals surface area contributed by atoms with Crippen molar-refractivity contribution in [2.75, 3.05) is 0 Å². The number of hydrogen-bond donors (Lipinski definition) is 0. The molecule has 0 aromatic heterocycles. The van der Waals surface area contributed by atoms with Crippen molar-refractivity contribution in [1.82, 2.24) is 0 Å². The van der Waals surface area contributed by atoms with Gasteiger partial charge in [-0.25, -0.2) is 4.39 Å². The maximum atomic E-state index is 13.1. The topological polar surface area (TPSA) is 9.23 Å². The SMILES string of the molecule is CC(C)OCc1ccc(Cl)cc1F. The van der Waals surface area contributed by atoms with Gasteiger partial charge in [0.25, 0.3) is 0 Å². The van der Waals surface area contributed by atoms with Crippen LogP contribution >= 0.6 is 11.6 Å². The van der Waals surface area contributed by atoms with Gasteiger partial charge in [-0.05, 0) is 26.0 Å². The van der Waals surface area contributed by atoms with E-state index in [1.165, 1.54) is 6.07 Å². The zero-order chi connectivity index (χ0) is 9.84. The number of benzene rings is 1. The van der Waals surface area contributed by atoms with Gasteiger partial charge in [-0.15, -0.1) is 0 Å². The van der Waals surface area contributed by atoms with Crippen LogP contribution in [0.2, 0.25) is 5.02 Å². The lowest BCUT2D eigenvalue weighted by molar-refractivity contribution is 0.0639. The molecule has 0 radical (unpaired) electrons. The molecule has 0 unspecified atom stereocenters. The molecule has 0 saturated heterocycles. The third kappa shape index (κ3) is 3.33. The third-order valence-electron chi connectivity index (χ3n) is 1.59. The summed E-state index contributed by atoms with van der Waals surface area (Å²) in [4.78, 5) is 0. The van der Waals surface area contributed by atoms with Gasteiger partial charge in [0.1, 0.15) is 5.82 Å². The molecule has 1 nitrogen and oxygen atoms in total. The Kier molecular flexibility index (Phi) is 3.70. The molecule has 72 valence electrons. The van der Waals surface area contributed by atoms with E-state index in [9.17, 15) is 4.39 Å². The lowest BCUT2D eigenvalue weighted by Gasteiger charge is -2.08. The average Bonchev–Trinajstić information content (AvgIpc) is 2.02. The van der Waals surface area contributed by atoms with E-state index >= 15 is 0 Å². The van der Waals surface area contributed by atoms with Crippen LogP contribution in [0, 0.1) is 5.82 Å². The van der Waals surface area contributed by atoms with E-state index in [1.807, 2.05) is 13.8 Å². The lowest BCUT2D eigenvalue weighted by Crippen LogP contribution is -2.03. The summed E-state index contributed by atoms with van der Waals surface area (Å²) in [5.74, 6) is -0.312. The molecule has 1 rings (SSSR count). The zero-order valence-electron chi connectivity index (χ0n) is 7.68. The second-order valence-corrected chi connectivity index (χ2v) is 3.53. The van der Waals surface area contributed by atoms with Gasteiger partial charge in [0.2, 0.25) is 0 Å². The monoisotopic (exact) mass is 202 g/mol. The largest absolute Gasteiger partial charge is 0.374 e. The van der Waals surface area contributed by atoms with Gasteiger partial charge in [-0.1, -0.05) is 17.7 Å². The van der Waals surface area contributed by atoms with Crippen molar-refractivity contribution >= 4 is 11.6 Å². The van der Waals surface area contributed by atoms with Crippen LogP contribution in [0.25, 0.3) is 0 Å². The van der Waals surface area contributed by atoms with Crippen LogP contribution in [0.1, 0.15) is 19.4 Å². The van der Waals surface area contributed by atoms with Crippen molar-refractivity contribution < 1.29 is 9.13 Å². The first-order chi connectivity index (χ1) is 6.09. The molecule has 3 heteroatoms. The van der Waals surface area contributed by atoms with Crippen LogP contribution < -0.4 is 0 Å². The van der Waals surface area contributed by atoms with Gasteiger partial charge < -0.3 is 4.74 Å².